The number of amides is 2. The molecule has 1 aliphatic rings. The molecule has 0 spiro atoms. The number of terminal acetylenes is 1. The molecule has 0 aliphatic heterocycles. The van der Waals surface area contributed by atoms with Gasteiger partial charge < -0.3 is 15.7 Å². The number of hydrogen-bond donors (Lipinski definition) is 3. The molecular formula is C13H20N2O3S. The van der Waals surface area contributed by atoms with E-state index in [0.29, 0.717) is 5.25 Å². The average Bonchev–Trinajstić information content (AvgIpc) is 2.38. The van der Waals surface area contributed by atoms with Crippen LogP contribution in [0.4, 0.5) is 4.79 Å². The van der Waals surface area contributed by atoms with E-state index in [1.54, 1.807) is 0 Å². The SMILES string of the molecule is C#CCC(NC(=O)NC1CCCC(SC)C1)C(=O)O. The summed E-state index contributed by atoms with van der Waals surface area (Å²) in [6, 6.07) is -1.36. The minimum atomic E-state index is -1.11. The van der Waals surface area contributed by atoms with Crippen molar-refractivity contribution in [2.75, 3.05) is 6.26 Å². The third kappa shape index (κ3) is 5.43. The number of carboxylic acids is 1. The topological polar surface area (TPSA) is 78.4 Å². The van der Waals surface area contributed by atoms with Crippen LogP contribution in [0.5, 0.6) is 0 Å². The molecule has 3 atom stereocenters. The normalized spacial score (nSPS) is 24.0. The number of urea groups is 1. The largest absolute Gasteiger partial charge is 0.480 e. The second-order valence-corrected chi connectivity index (χ2v) is 5.78. The number of nitrogens with one attached hydrogen (secondary N) is 2. The van der Waals surface area contributed by atoms with Crippen molar-refractivity contribution in [1.82, 2.24) is 10.6 Å². The minimum absolute atomic E-state index is 0.0130. The molecule has 0 radical (unpaired) electrons. The van der Waals surface area contributed by atoms with E-state index in [-0.39, 0.29) is 12.5 Å². The molecule has 2 amide bonds. The van der Waals surface area contributed by atoms with Crippen LogP contribution in [0.2, 0.25) is 0 Å². The molecule has 0 heterocycles. The molecule has 3 N–H and O–H groups in total. The first-order valence-corrected chi connectivity index (χ1v) is 7.61. The maximum absolute atomic E-state index is 11.7. The zero-order chi connectivity index (χ0) is 14.3. The van der Waals surface area contributed by atoms with E-state index in [0.717, 1.165) is 19.3 Å². The van der Waals surface area contributed by atoms with Crippen LogP contribution in [-0.4, -0.2) is 40.7 Å². The fourth-order valence-corrected chi connectivity index (χ4v) is 3.02. The monoisotopic (exact) mass is 284 g/mol. The van der Waals surface area contributed by atoms with Gasteiger partial charge >= 0.3 is 12.0 Å². The van der Waals surface area contributed by atoms with Crippen molar-refractivity contribution in [3.8, 4) is 12.3 Å². The van der Waals surface area contributed by atoms with Gasteiger partial charge in [-0.2, -0.15) is 11.8 Å². The molecule has 1 rings (SSSR count). The Labute approximate surface area is 117 Å². The third-order valence-corrected chi connectivity index (χ3v) is 4.31. The molecule has 5 nitrogen and oxygen atoms in total. The first kappa shape index (κ1) is 15.7. The summed E-state index contributed by atoms with van der Waals surface area (Å²) in [4.78, 5) is 22.6. The van der Waals surface area contributed by atoms with Crippen molar-refractivity contribution in [3.05, 3.63) is 0 Å². The number of carbonyl (C=O) groups excluding carboxylic acids is 1. The maximum Gasteiger partial charge on any atom is 0.327 e. The van der Waals surface area contributed by atoms with Crippen LogP contribution in [0, 0.1) is 12.3 Å². The zero-order valence-electron chi connectivity index (χ0n) is 11.0. The van der Waals surface area contributed by atoms with Gasteiger partial charge in [-0.3, -0.25) is 0 Å². The van der Waals surface area contributed by atoms with Gasteiger partial charge in [0.25, 0.3) is 0 Å². The Morgan fingerprint density at radius 1 is 1.53 bits per heavy atom. The molecule has 3 unspecified atom stereocenters. The first-order valence-electron chi connectivity index (χ1n) is 6.33. The summed E-state index contributed by atoms with van der Waals surface area (Å²) >= 11 is 1.81. The lowest BCUT2D eigenvalue weighted by atomic mass is 9.95. The lowest BCUT2D eigenvalue weighted by molar-refractivity contribution is -0.139. The fourth-order valence-electron chi connectivity index (χ4n) is 2.19. The molecule has 1 fully saturated rings. The van der Waals surface area contributed by atoms with Crippen LogP contribution in [0.1, 0.15) is 32.1 Å². The van der Waals surface area contributed by atoms with Gasteiger partial charge in [0.15, 0.2) is 0 Å². The Morgan fingerprint density at radius 2 is 2.26 bits per heavy atom. The summed E-state index contributed by atoms with van der Waals surface area (Å²) in [7, 11) is 0. The van der Waals surface area contributed by atoms with E-state index in [2.05, 4.69) is 22.8 Å². The number of hydrogen-bond acceptors (Lipinski definition) is 3. The Hall–Kier alpha value is -1.35. The summed E-state index contributed by atoms with van der Waals surface area (Å²) in [6.07, 6.45) is 11.3. The number of aliphatic carboxylic acids is 1. The molecule has 0 saturated heterocycles. The van der Waals surface area contributed by atoms with Gasteiger partial charge in [-0.05, 0) is 25.5 Å². The second kappa shape index (κ2) is 7.95. The molecule has 1 saturated carbocycles. The standard InChI is InChI=1S/C13H20N2O3S/c1-3-5-11(12(16)17)15-13(18)14-9-6-4-7-10(8-9)19-2/h1,9-11H,4-8H2,2H3,(H,16,17)(H2,14,15,18). The Kier molecular flexibility index (Phi) is 6.57. The lowest BCUT2D eigenvalue weighted by Gasteiger charge is -2.29. The minimum Gasteiger partial charge on any atom is -0.480 e. The van der Waals surface area contributed by atoms with Crippen LogP contribution in [0.3, 0.4) is 0 Å². The van der Waals surface area contributed by atoms with Crippen molar-refractivity contribution in [3.63, 3.8) is 0 Å². The van der Waals surface area contributed by atoms with Crippen LogP contribution in [-0.2, 0) is 4.79 Å². The molecular weight excluding hydrogens is 264 g/mol. The number of carbonyl (C=O) groups is 2. The molecule has 6 heteroatoms. The van der Waals surface area contributed by atoms with Gasteiger partial charge in [0.2, 0.25) is 0 Å². The van der Waals surface area contributed by atoms with Gasteiger partial charge in [-0.15, -0.1) is 12.3 Å². The van der Waals surface area contributed by atoms with Crippen molar-refractivity contribution in [1.29, 1.82) is 0 Å². The second-order valence-electron chi connectivity index (χ2n) is 4.64. The third-order valence-electron chi connectivity index (χ3n) is 3.22. The molecule has 0 aromatic heterocycles. The smallest absolute Gasteiger partial charge is 0.327 e. The summed E-state index contributed by atoms with van der Waals surface area (Å²) < 4.78 is 0. The maximum atomic E-state index is 11.7. The first-order chi connectivity index (χ1) is 9.06. The number of rotatable bonds is 5. The fraction of sp³-hybridized carbons (Fsp3) is 0.692. The van der Waals surface area contributed by atoms with Crippen LogP contribution < -0.4 is 10.6 Å². The summed E-state index contributed by atoms with van der Waals surface area (Å²) in [6.45, 7) is 0. The highest BCUT2D eigenvalue weighted by atomic mass is 32.2. The Morgan fingerprint density at radius 3 is 2.84 bits per heavy atom. The van der Waals surface area contributed by atoms with Crippen LogP contribution in [0.25, 0.3) is 0 Å². The quantitative estimate of drug-likeness (QED) is 0.667. The van der Waals surface area contributed by atoms with Crippen molar-refractivity contribution in [2.24, 2.45) is 0 Å². The Balaban J connectivity index is 2.41. The van der Waals surface area contributed by atoms with Crippen LogP contribution in [0.15, 0.2) is 0 Å². The van der Waals surface area contributed by atoms with E-state index < -0.39 is 18.0 Å². The summed E-state index contributed by atoms with van der Waals surface area (Å²) in [5.41, 5.74) is 0. The van der Waals surface area contributed by atoms with E-state index in [1.165, 1.54) is 6.42 Å². The molecule has 19 heavy (non-hydrogen) atoms. The predicted octanol–water partition coefficient (Wildman–Crippen LogP) is 1.44. The lowest BCUT2D eigenvalue weighted by Crippen LogP contribution is -2.50. The highest BCUT2D eigenvalue weighted by Crippen LogP contribution is 2.26. The highest BCUT2D eigenvalue weighted by molar-refractivity contribution is 7.99. The van der Waals surface area contributed by atoms with Crippen molar-refractivity contribution < 1.29 is 14.7 Å². The Bertz CT molecular complexity index is 367. The van der Waals surface area contributed by atoms with Gasteiger partial charge in [-0.1, -0.05) is 6.42 Å². The van der Waals surface area contributed by atoms with Gasteiger partial charge in [0.05, 0.1) is 0 Å². The zero-order valence-corrected chi connectivity index (χ0v) is 11.8. The predicted molar refractivity (Wildman–Crippen MR) is 76.1 cm³/mol. The van der Waals surface area contributed by atoms with Gasteiger partial charge in [0.1, 0.15) is 6.04 Å². The highest BCUT2D eigenvalue weighted by Gasteiger charge is 2.24. The molecule has 1 aliphatic carbocycles. The molecule has 0 aromatic carbocycles. The van der Waals surface area contributed by atoms with Crippen LogP contribution >= 0.6 is 11.8 Å². The van der Waals surface area contributed by atoms with E-state index in [4.69, 9.17) is 11.5 Å². The van der Waals surface area contributed by atoms with Gasteiger partial charge in [0, 0.05) is 17.7 Å². The van der Waals surface area contributed by atoms with Gasteiger partial charge in [-0.25, -0.2) is 9.59 Å². The number of carboxylic acid groups (broad SMARTS) is 1. The van der Waals surface area contributed by atoms with Crippen molar-refractivity contribution >= 4 is 23.8 Å². The van der Waals surface area contributed by atoms with E-state index >= 15 is 0 Å². The molecule has 0 aromatic rings. The summed E-state index contributed by atoms with van der Waals surface area (Å²) in [5, 5.41) is 14.7. The average molecular weight is 284 g/mol. The molecule has 0 bridgehead atoms. The van der Waals surface area contributed by atoms with E-state index in [9.17, 15) is 9.59 Å². The van der Waals surface area contributed by atoms with Crippen molar-refractivity contribution in [2.45, 2.75) is 49.4 Å². The number of thioether (sulfide) groups is 1. The van der Waals surface area contributed by atoms with E-state index in [1.807, 2.05) is 11.8 Å². The molecule has 106 valence electrons. The summed E-state index contributed by atoms with van der Waals surface area (Å²) in [5.74, 6) is 1.14.